The van der Waals surface area contributed by atoms with E-state index in [-0.39, 0.29) is 0 Å². The average molecular weight is 228 g/mol. The maximum Gasteiger partial charge on any atom is 0.332 e. The van der Waals surface area contributed by atoms with Crippen molar-refractivity contribution in [2.75, 3.05) is 6.61 Å². The molecule has 15 heavy (non-hydrogen) atoms. The van der Waals surface area contributed by atoms with E-state index in [9.17, 15) is 4.79 Å². The normalized spacial score (nSPS) is 9.67. The maximum atomic E-state index is 10.1. The summed E-state index contributed by atoms with van der Waals surface area (Å²) in [5.74, 6) is -1.05. The molecule has 1 rings (SSSR count). The van der Waals surface area contributed by atoms with Crippen molar-refractivity contribution >= 4 is 23.3 Å². The first kappa shape index (κ1) is 11.6. The van der Waals surface area contributed by atoms with Gasteiger partial charge in [0.1, 0.15) is 0 Å². The van der Waals surface area contributed by atoms with E-state index in [1.807, 2.05) is 0 Å². The van der Waals surface area contributed by atoms with Crippen LogP contribution in [0.2, 0.25) is 5.02 Å². The van der Waals surface area contributed by atoms with Crippen molar-refractivity contribution in [1.82, 2.24) is 5.48 Å². The standard InChI is InChI=1S/C10H10ClNO3/c1-7(12-15-6-10(13)14)8-2-4-9(11)5-3-8/h2-5,12H,1,6H2,(H,13,14). The number of nitrogens with one attached hydrogen (secondary N) is 1. The van der Waals surface area contributed by atoms with Gasteiger partial charge in [0, 0.05) is 5.02 Å². The minimum absolute atomic E-state index is 0.424. The van der Waals surface area contributed by atoms with Crippen molar-refractivity contribution < 1.29 is 14.7 Å². The molecule has 0 heterocycles. The fourth-order valence-corrected chi connectivity index (χ4v) is 1.02. The molecule has 0 bridgehead atoms. The molecule has 4 nitrogen and oxygen atoms in total. The molecular weight excluding hydrogens is 218 g/mol. The molecule has 1 aromatic rings. The first-order chi connectivity index (χ1) is 7.09. The number of carboxylic acids is 1. The van der Waals surface area contributed by atoms with E-state index in [0.29, 0.717) is 10.7 Å². The minimum atomic E-state index is -1.05. The summed E-state index contributed by atoms with van der Waals surface area (Å²) in [4.78, 5) is 14.8. The predicted molar refractivity (Wildman–Crippen MR) is 57.2 cm³/mol. The van der Waals surface area contributed by atoms with Crippen LogP contribution < -0.4 is 5.48 Å². The Kier molecular flexibility index (Phi) is 4.15. The second-order valence-corrected chi connectivity index (χ2v) is 3.21. The SMILES string of the molecule is C=C(NOCC(=O)O)c1ccc(Cl)cc1. The van der Waals surface area contributed by atoms with Gasteiger partial charge in [-0.2, -0.15) is 0 Å². The van der Waals surface area contributed by atoms with Gasteiger partial charge in [-0.25, -0.2) is 4.79 Å². The molecule has 0 saturated heterocycles. The van der Waals surface area contributed by atoms with E-state index in [1.54, 1.807) is 24.3 Å². The van der Waals surface area contributed by atoms with E-state index >= 15 is 0 Å². The summed E-state index contributed by atoms with van der Waals surface area (Å²) in [6.45, 7) is 3.26. The lowest BCUT2D eigenvalue weighted by Crippen LogP contribution is -2.18. The lowest BCUT2D eigenvalue weighted by Gasteiger charge is -2.08. The fourth-order valence-electron chi connectivity index (χ4n) is 0.895. The topological polar surface area (TPSA) is 58.6 Å². The van der Waals surface area contributed by atoms with Gasteiger partial charge in [-0.1, -0.05) is 30.3 Å². The van der Waals surface area contributed by atoms with Crippen LogP contribution in [-0.4, -0.2) is 17.7 Å². The highest BCUT2D eigenvalue weighted by Crippen LogP contribution is 2.13. The lowest BCUT2D eigenvalue weighted by atomic mass is 10.2. The summed E-state index contributed by atoms with van der Waals surface area (Å²) in [5, 5.41) is 8.94. The van der Waals surface area contributed by atoms with E-state index in [0.717, 1.165) is 5.56 Å². The van der Waals surface area contributed by atoms with Gasteiger partial charge in [0.15, 0.2) is 6.61 Å². The third kappa shape index (κ3) is 4.01. The smallest absolute Gasteiger partial charge is 0.332 e. The molecule has 0 spiro atoms. The zero-order chi connectivity index (χ0) is 11.3. The van der Waals surface area contributed by atoms with Gasteiger partial charge in [-0.3, -0.25) is 10.3 Å². The lowest BCUT2D eigenvalue weighted by molar-refractivity contribution is -0.143. The van der Waals surface area contributed by atoms with Crippen LogP contribution in [-0.2, 0) is 9.63 Å². The van der Waals surface area contributed by atoms with Crippen LogP contribution in [0.1, 0.15) is 5.56 Å². The van der Waals surface area contributed by atoms with Gasteiger partial charge < -0.3 is 5.11 Å². The molecule has 0 aliphatic heterocycles. The molecule has 80 valence electrons. The minimum Gasteiger partial charge on any atom is -0.479 e. The largest absolute Gasteiger partial charge is 0.479 e. The van der Waals surface area contributed by atoms with Crippen molar-refractivity contribution in [2.24, 2.45) is 0 Å². The van der Waals surface area contributed by atoms with Crippen LogP contribution in [0.15, 0.2) is 30.8 Å². The van der Waals surface area contributed by atoms with Gasteiger partial charge in [0.25, 0.3) is 0 Å². The highest BCUT2D eigenvalue weighted by atomic mass is 35.5. The summed E-state index contributed by atoms with van der Waals surface area (Å²) in [7, 11) is 0. The van der Waals surface area contributed by atoms with Gasteiger partial charge >= 0.3 is 5.97 Å². The molecule has 5 heteroatoms. The van der Waals surface area contributed by atoms with Crippen molar-refractivity contribution in [3.05, 3.63) is 41.4 Å². The molecule has 0 unspecified atom stereocenters. The average Bonchev–Trinajstić information content (AvgIpc) is 2.18. The Hall–Kier alpha value is -1.52. The molecule has 0 radical (unpaired) electrons. The van der Waals surface area contributed by atoms with Crippen molar-refractivity contribution in [2.45, 2.75) is 0 Å². The first-order valence-electron chi connectivity index (χ1n) is 4.14. The van der Waals surface area contributed by atoms with Crippen molar-refractivity contribution in [3.8, 4) is 0 Å². The number of hydroxylamine groups is 1. The third-order valence-electron chi connectivity index (χ3n) is 1.58. The summed E-state index contributed by atoms with van der Waals surface area (Å²) in [6.07, 6.45) is 0. The second-order valence-electron chi connectivity index (χ2n) is 2.77. The molecule has 2 N–H and O–H groups in total. The van der Waals surface area contributed by atoms with Gasteiger partial charge in [-0.05, 0) is 17.7 Å². The van der Waals surface area contributed by atoms with Crippen LogP contribution in [0, 0.1) is 0 Å². The molecular formula is C10H10ClNO3. The number of aliphatic carboxylic acids is 1. The number of rotatable bonds is 5. The van der Waals surface area contributed by atoms with Crippen molar-refractivity contribution in [1.29, 1.82) is 0 Å². The number of halogens is 1. The summed E-state index contributed by atoms with van der Waals surface area (Å²) in [6, 6.07) is 6.92. The highest BCUT2D eigenvalue weighted by Gasteiger charge is 2.00. The van der Waals surface area contributed by atoms with Crippen LogP contribution in [0.5, 0.6) is 0 Å². The highest BCUT2D eigenvalue weighted by molar-refractivity contribution is 6.30. The maximum absolute atomic E-state index is 10.1. The van der Waals surface area contributed by atoms with Crippen LogP contribution >= 0.6 is 11.6 Å². The number of benzene rings is 1. The fraction of sp³-hybridized carbons (Fsp3) is 0.100. The Bertz CT molecular complexity index is 361. The summed E-state index contributed by atoms with van der Waals surface area (Å²) >= 11 is 5.70. The molecule has 0 fully saturated rings. The molecule has 0 aromatic heterocycles. The number of carboxylic acid groups (broad SMARTS) is 1. The Labute approximate surface area is 92.1 Å². The van der Waals surface area contributed by atoms with Crippen molar-refractivity contribution in [3.63, 3.8) is 0 Å². The molecule has 0 saturated carbocycles. The first-order valence-corrected chi connectivity index (χ1v) is 4.52. The van der Waals surface area contributed by atoms with Crippen LogP contribution in [0.25, 0.3) is 5.70 Å². The zero-order valence-electron chi connectivity index (χ0n) is 7.87. The van der Waals surface area contributed by atoms with E-state index in [2.05, 4.69) is 16.9 Å². The zero-order valence-corrected chi connectivity index (χ0v) is 8.62. The summed E-state index contributed by atoms with van der Waals surface area (Å²) in [5.41, 5.74) is 3.69. The van der Waals surface area contributed by atoms with Gasteiger partial charge in [0.2, 0.25) is 0 Å². The Morgan fingerprint density at radius 2 is 2.07 bits per heavy atom. The number of hydrogen-bond acceptors (Lipinski definition) is 3. The van der Waals surface area contributed by atoms with Gasteiger partial charge in [-0.15, -0.1) is 0 Å². The van der Waals surface area contributed by atoms with E-state index in [1.165, 1.54) is 0 Å². The monoisotopic (exact) mass is 227 g/mol. The molecule has 0 aliphatic carbocycles. The quantitative estimate of drug-likeness (QED) is 0.755. The van der Waals surface area contributed by atoms with Crippen LogP contribution in [0.3, 0.4) is 0 Å². The van der Waals surface area contributed by atoms with E-state index in [4.69, 9.17) is 16.7 Å². The number of carbonyl (C=O) groups is 1. The molecule has 1 aromatic carbocycles. The molecule has 0 atom stereocenters. The molecule has 0 amide bonds. The predicted octanol–water partition coefficient (Wildman–Crippen LogP) is 1.92. The Morgan fingerprint density at radius 1 is 1.47 bits per heavy atom. The second kappa shape index (κ2) is 5.38. The Balaban J connectivity index is 2.47. The third-order valence-corrected chi connectivity index (χ3v) is 1.84. The number of hydrogen-bond donors (Lipinski definition) is 2. The molecule has 0 aliphatic rings. The van der Waals surface area contributed by atoms with Crippen LogP contribution in [0.4, 0.5) is 0 Å². The Morgan fingerprint density at radius 3 is 2.60 bits per heavy atom. The van der Waals surface area contributed by atoms with E-state index < -0.39 is 12.6 Å². The van der Waals surface area contributed by atoms with Gasteiger partial charge in [0.05, 0.1) is 5.70 Å². The summed E-state index contributed by atoms with van der Waals surface area (Å²) < 4.78 is 0.